The second kappa shape index (κ2) is 9.36. The van der Waals surface area contributed by atoms with E-state index in [4.69, 9.17) is 0 Å². The lowest BCUT2D eigenvalue weighted by molar-refractivity contribution is -0.384. The molecule has 9 nitrogen and oxygen atoms in total. The minimum absolute atomic E-state index is 0.0597. The molecule has 1 aliphatic rings. The van der Waals surface area contributed by atoms with Gasteiger partial charge in [-0.25, -0.2) is 0 Å². The van der Waals surface area contributed by atoms with E-state index < -0.39 is 16.1 Å². The number of nitro benzene ring substituents is 1. The Bertz CT molecular complexity index is 1350. The van der Waals surface area contributed by atoms with Crippen LogP contribution >= 0.6 is 11.8 Å². The van der Waals surface area contributed by atoms with E-state index in [-0.39, 0.29) is 23.0 Å². The van der Waals surface area contributed by atoms with Gasteiger partial charge in [-0.2, -0.15) is 0 Å². The van der Waals surface area contributed by atoms with Crippen molar-refractivity contribution >= 4 is 40.6 Å². The van der Waals surface area contributed by atoms with Gasteiger partial charge in [-0.05, 0) is 61.0 Å². The number of non-ortho nitro benzene ring substituents is 1. The van der Waals surface area contributed by atoms with Gasteiger partial charge in [0.05, 0.1) is 16.4 Å². The maximum atomic E-state index is 12.9. The topological polar surface area (TPSA) is 115 Å². The molecule has 0 radical (unpaired) electrons. The van der Waals surface area contributed by atoms with Crippen molar-refractivity contribution in [3.63, 3.8) is 0 Å². The number of carbonyl (C=O) groups excluding carboxylic acids is 3. The fourth-order valence-corrected chi connectivity index (χ4v) is 4.42. The number of hydrogen-bond acceptors (Lipinski definition) is 6. The van der Waals surface area contributed by atoms with Gasteiger partial charge in [0.2, 0.25) is 0 Å². The van der Waals surface area contributed by atoms with Crippen molar-refractivity contribution in [3.05, 3.63) is 104 Å². The molecule has 2 aromatic carbocycles. The Labute approximate surface area is 199 Å². The molecule has 2 heterocycles. The smallest absolute Gasteiger partial charge is 0.268 e. The number of benzene rings is 2. The van der Waals surface area contributed by atoms with Crippen LogP contribution in [0, 0.1) is 24.0 Å². The molecule has 3 aromatic rings. The fraction of sp³-hybridized carbons (Fsp3) is 0.125. The molecule has 4 rings (SSSR count). The van der Waals surface area contributed by atoms with Crippen molar-refractivity contribution in [3.8, 4) is 0 Å². The molecule has 34 heavy (non-hydrogen) atoms. The SMILES string of the molecule is Cc1cc(/C=C2\SC(=O)N(Cc3cccc([N+](=O)[O-])c3)C2=O)c(C)n1NC(=O)c1ccccc1. The summed E-state index contributed by atoms with van der Waals surface area (Å²) in [5, 5.41) is 10.5. The molecular formula is C24H20N4O5S. The summed E-state index contributed by atoms with van der Waals surface area (Å²) in [6.45, 7) is 3.57. The highest BCUT2D eigenvalue weighted by molar-refractivity contribution is 8.18. The number of aromatic nitrogens is 1. The molecule has 0 atom stereocenters. The summed E-state index contributed by atoms with van der Waals surface area (Å²) in [5.41, 5.74) is 5.87. The van der Waals surface area contributed by atoms with Crippen LogP contribution in [0.4, 0.5) is 10.5 Å². The van der Waals surface area contributed by atoms with Crippen LogP contribution in [-0.4, -0.2) is 31.6 Å². The number of aryl methyl sites for hydroxylation is 1. The Hall–Kier alpha value is -4.18. The summed E-state index contributed by atoms with van der Waals surface area (Å²) >= 11 is 0.809. The average Bonchev–Trinajstić information content (AvgIpc) is 3.24. The van der Waals surface area contributed by atoms with Gasteiger partial charge >= 0.3 is 0 Å². The van der Waals surface area contributed by atoms with Gasteiger partial charge in [0, 0.05) is 29.1 Å². The summed E-state index contributed by atoms with van der Waals surface area (Å²) in [5.74, 6) is -0.745. The largest absolute Gasteiger partial charge is 0.293 e. The lowest BCUT2D eigenvalue weighted by atomic mass is 10.2. The van der Waals surface area contributed by atoms with E-state index in [2.05, 4.69) is 5.43 Å². The van der Waals surface area contributed by atoms with Crippen LogP contribution in [0.25, 0.3) is 6.08 Å². The van der Waals surface area contributed by atoms with E-state index in [1.165, 1.54) is 18.2 Å². The minimum Gasteiger partial charge on any atom is -0.268 e. The molecule has 172 valence electrons. The molecule has 1 saturated heterocycles. The zero-order chi connectivity index (χ0) is 24.4. The molecule has 0 bridgehead atoms. The molecule has 0 unspecified atom stereocenters. The van der Waals surface area contributed by atoms with Gasteiger partial charge in [-0.15, -0.1) is 0 Å². The number of thioether (sulfide) groups is 1. The first-order chi connectivity index (χ1) is 16.2. The van der Waals surface area contributed by atoms with E-state index in [1.54, 1.807) is 48.0 Å². The lowest BCUT2D eigenvalue weighted by Gasteiger charge is -2.12. The van der Waals surface area contributed by atoms with Gasteiger partial charge in [0.15, 0.2) is 0 Å². The lowest BCUT2D eigenvalue weighted by Crippen LogP contribution is -2.27. The number of nitrogens with zero attached hydrogens (tertiary/aromatic N) is 3. The second-order valence-electron chi connectivity index (χ2n) is 7.66. The van der Waals surface area contributed by atoms with Crippen LogP contribution in [0.5, 0.6) is 0 Å². The van der Waals surface area contributed by atoms with Crippen LogP contribution in [0.1, 0.15) is 32.9 Å². The van der Waals surface area contributed by atoms with Crippen LogP contribution < -0.4 is 5.43 Å². The highest BCUT2D eigenvalue weighted by Gasteiger charge is 2.35. The van der Waals surface area contributed by atoms with Crippen molar-refractivity contribution in [2.75, 3.05) is 5.43 Å². The predicted molar refractivity (Wildman–Crippen MR) is 129 cm³/mol. The fourth-order valence-electron chi connectivity index (χ4n) is 3.59. The molecule has 1 fully saturated rings. The van der Waals surface area contributed by atoms with E-state index in [0.717, 1.165) is 22.4 Å². The minimum atomic E-state index is -0.524. The van der Waals surface area contributed by atoms with Gasteiger partial charge in [0.25, 0.3) is 22.7 Å². The summed E-state index contributed by atoms with van der Waals surface area (Å²) in [6.07, 6.45) is 1.62. The van der Waals surface area contributed by atoms with E-state index >= 15 is 0 Å². The van der Waals surface area contributed by atoms with Crippen molar-refractivity contribution in [1.82, 2.24) is 9.58 Å². The van der Waals surface area contributed by atoms with E-state index in [9.17, 15) is 24.5 Å². The zero-order valence-corrected chi connectivity index (χ0v) is 19.2. The summed E-state index contributed by atoms with van der Waals surface area (Å²) < 4.78 is 1.63. The number of carbonyl (C=O) groups is 3. The van der Waals surface area contributed by atoms with E-state index in [0.29, 0.717) is 22.4 Å². The average molecular weight is 477 g/mol. The molecule has 1 N–H and O–H groups in total. The Balaban J connectivity index is 1.54. The van der Waals surface area contributed by atoms with Crippen molar-refractivity contribution in [1.29, 1.82) is 0 Å². The standard InChI is InChI=1S/C24H20N4O5S/c1-15-11-19(16(2)27(15)25-22(29)18-8-4-3-5-9-18)13-21-23(30)26(24(31)34-21)14-17-7-6-10-20(12-17)28(32)33/h3-13H,14H2,1-2H3,(H,25,29)/b21-13-. The number of rotatable bonds is 6. The zero-order valence-electron chi connectivity index (χ0n) is 18.3. The third-order valence-electron chi connectivity index (χ3n) is 5.34. The number of nitrogens with one attached hydrogen (secondary N) is 1. The molecule has 0 aliphatic carbocycles. The molecule has 3 amide bonds. The Morgan fingerprint density at radius 3 is 2.53 bits per heavy atom. The Kier molecular flexibility index (Phi) is 6.33. The van der Waals surface area contributed by atoms with Crippen molar-refractivity contribution < 1.29 is 19.3 Å². The predicted octanol–water partition coefficient (Wildman–Crippen LogP) is 4.63. The normalized spacial score (nSPS) is 14.6. The van der Waals surface area contributed by atoms with Gasteiger partial charge in [-0.3, -0.25) is 39.5 Å². The van der Waals surface area contributed by atoms with Gasteiger partial charge in [0.1, 0.15) is 0 Å². The van der Waals surface area contributed by atoms with Crippen molar-refractivity contribution in [2.45, 2.75) is 20.4 Å². The molecule has 0 saturated carbocycles. The van der Waals surface area contributed by atoms with Crippen LogP contribution in [0.15, 0.2) is 65.6 Å². The maximum Gasteiger partial charge on any atom is 0.293 e. The maximum absolute atomic E-state index is 12.9. The number of hydrogen-bond donors (Lipinski definition) is 1. The number of amides is 3. The first-order valence-corrected chi connectivity index (χ1v) is 11.1. The number of imide groups is 1. The summed E-state index contributed by atoms with van der Waals surface area (Å²) in [6, 6.07) is 16.5. The van der Waals surface area contributed by atoms with Crippen molar-refractivity contribution in [2.24, 2.45) is 0 Å². The second-order valence-corrected chi connectivity index (χ2v) is 8.66. The molecule has 1 aliphatic heterocycles. The van der Waals surface area contributed by atoms with E-state index in [1.807, 2.05) is 19.1 Å². The highest BCUT2D eigenvalue weighted by Crippen LogP contribution is 2.34. The van der Waals surface area contributed by atoms with Gasteiger partial charge < -0.3 is 0 Å². The third kappa shape index (κ3) is 4.62. The van der Waals surface area contributed by atoms with Gasteiger partial charge in [-0.1, -0.05) is 30.3 Å². The first kappa shape index (κ1) is 23.0. The first-order valence-electron chi connectivity index (χ1n) is 10.3. The van der Waals surface area contributed by atoms with Crippen LogP contribution in [0.2, 0.25) is 0 Å². The third-order valence-corrected chi connectivity index (χ3v) is 6.25. The highest BCUT2D eigenvalue weighted by atomic mass is 32.2. The Morgan fingerprint density at radius 1 is 1.09 bits per heavy atom. The Morgan fingerprint density at radius 2 is 1.82 bits per heavy atom. The quantitative estimate of drug-likeness (QED) is 0.315. The summed E-state index contributed by atoms with van der Waals surface area (Å²) in [4.78, 5) is 49.7. The molecule has 10 heteroatoms. The molecule has 0 spiro atoms. The monoisotopic (exact) mass is 476 g/mol. The summed E-state index contributed by atoms with van der Waals surface area (Å²) in [7, 11) is 0. The van der Waals surface area contributed by atoms with Crippen LogP contribution in [0.3, 0.4) is 0 Å². The number of nitro groups is 1. The molecular weight excluding hydrogens is 456 g/mol. The molecule has 1 aromatic heterocycles. The van der Waals surface area contributed by atoms with Crippen LogP contribution in [-0.2, 0) is 11.3 Å².